The van der Waals surface area contributed by atoms with Gasteiger partial charge in [-0.05, 0) is 18.1 Å². The number of benzene rings is 2. The Kier molecular flexibility index (Phi) is 4.75. The highest BCUT2D eigenvalue weighted by molar-refractivity contribution is 9.10. The summed E-state index contributed by atoms with van der Waals surface area (Å²) in [7, 11) is 0. The summed E-state index contributed by atoms with van der Waals surface area (Å²) >= 11 is 3.27. The van der Waals surface area contributed by atoms with Crippen molar-refractivity contribution in [2.45, 2.75) is 25.3 Å². The average Bonchev–Trinajstić information content (AvgIpc) is 2.49. The highest BCUT2D eigenvalue weighted by atomic mass is 79.9. The molecule has 2 rings (SSSR count). The van der Waals surface area contributed by atoms with Crippen molar-refractivity contribution < 1.29 is 4.92 Å². The first kappa shape index (κ1) is 15.7. The molecule has 2 aromatic carbocycles. The fourth-order valence-corrected chi connectivity index (χ4v) is 2.75. The van der Waals surface area contributed by atoms with E-state index in [0.717, 1.165) is 5.56 Å². The lowest BCUT2D eigenvalue weighted by atomic mass is 9.82. The maximum absolute atomic E-state index is 11.2. The molecule has 0 spiro atoms. The Balaban J connectivity index is 2.42. The smallest absolute Gasteiger partial charge is 0.273 e. The van der Waals surface area contributed by atoms with Gasteiger partial charge in [-0.15, -0.1) is 0 Å². The van der Waals surface area contributed by atoms with Gasteiger partial charge in [0, 0.05) is 28.1 Å². The molecule has 4 nitrogen and oxygen atoms in total. The monoisotopic (exact) mass is 348 g/mol. The molecule has 0 bridgehead atoms. The minimum absolute atomic E-state index is 0.101. The first-order chi connectivity index (χ1) is 9.96. The van der Waals surface area contributed by atoms with Crippen molar-refractivity contribution in [1.29, 1.82) is 0 Å². The number of rotatable bonds is 5. The summed E-state index contributed by atoms with van der Waals surface area (Å²) in [6.07, 6.45) is 1.13. The third-order valence-electron chi connectivity index (χ3n) is 3.73. The number of hydrogen-bond acceptors (Lipinski definition) is 3. The molecule has 0 aromatic heterocycles. The van der Waals surface area contributed by atoms with Crippen LogP contribution in [-0.4, -0.2) is 4.92 Å². The first-order valence-electron chi connectivity index (χ1n) is 6.73. The second-order valence-electron chi connectivity index (χ2n) is 5.08. The minimum atomic E-state index is -0.611. The molecule has 0 amide bonds. The zero-order valence-corrected chi connectivity index (χ0v) is 13.3. The highest BCUT2D eigenvalue weighted by Crippen LogP contribution is 2.32. The zero-order chi connectivity index (χ0) is 15.5. The maximum atomic E-state index is 11.2. The molecule has 110 valence electrons. The summed E-state index contributed by atoms with van der Waals surface area (Å²) in [6, 6.07) is 14.8. The standard InChI is InChI=1S/C16H17BrN2O2/c1-2-16(18,13-6-4-3-5-7-13)11-12-8-9-14(17)10-15(12)19(20)21/h3-10H,2,11,18H2,1H3. The van der Waals surface area contributed by atoms with Crippen molar-refractivity contribution in [3.63, 3.8) is 0 Å². The Morgan fingerprint density at radius 2 is 1.90 bits per heavy atom. The van der Waals surface area contributed by atoms with E-state index in [0.29, 0.717) is 22.9 Å². The SMILES string of the molecule is CCC(N)(Cc1ccc(Br)cc1[N+](=O)[O-])c1ccccc1. The Labute approximate surface area is 132 Å². The highest BCUT2D eigenvalue weighted by Gasteiger charge is 2.28. The summed E-state index contributed by atoms with van der Waals surface area (Å²) in [5.74, 6) is 0. The van der Waals surface area contributed by atoms with E-state index in [1.54, 1.807) is 6.07 Å². The van der Waals surface area contributed by atoms with Crippen molar-refractivity contribution in [1.82, 2.24) is 0 Å². The molecule has 0 heterocycles. The topological polar surface area (TPSA) is 69.2 Å². The quantitative estimate of drug-likeness (QED) is 0.651. The molecular weight excluding hydrogens is 332 g/mol. The molecule has 0 fully saturated rings. The van der Waals surface area contributed by atoms with Crippen molar-refractivity contribution in [3.8, 4) is 0 Å². The lowest BCUT2D eigenvalue weighted by molar-refractivity contribution is -0.385. The summed E-state index contributed by atoms with van der Waals surface area (Å²) < 4.78 is 0.691. The number of halogens is 1. The van der Waals surface area contributed by atoms with Gasteiger partial charge in [-0.25, -0.2) is 0 Å². The Morgan fingerprint density at radius 3 is 2.48 bits per heavy atom. The molecular formula is C16H17BrN2O2. The summed E-state index contributed by atoms with van der Waals surface area (Å²) in [5, 5.41) is 11.2. The van der Waals surface area contributed by atoms with Gasteiger partial charge in [-0.1, -0.05) is 59.3 Å². The van der Waals surface area contributed by atoms with E-state index in [4.69, 9.17) is 5.73 Å². The molecule has 2 N–H and O–H groups in total. The number of nitrogens with zero attached hydrogens (tertiary/aromatic N) is 1. The van der Waals surface area contributed by atoms with Crippen LogP contribution in [0.15, 0.2) is 53.0 Å². The van der Waals surface area contributed by atoms with Crippen LogP contribution in [0.5, 0.6) is 0 Å². The number of hydrogen-bond donors (Lipinski definition) is 1. The minimum Gasteiger partial charge on any atom is -0.321 e. The predicted molar refractivity (Wildman–Crippen MR) is 87.1 cm³/mol. The van der Waals surface area contributed by atoms with E-state index in [1.165, 1.54) is 6.07 Å². The molecule has 0 aliphatic carbocycles. The van der Waals surface area contributed by atoms with E-state index in [9.17, 15) is 10.1 Å². The Bertz CT molecular complexity index is 646. The van der Waals surface area contributed by atoms with Gasteiger partial charge in [0.2, 0.25) is 0 Å². The largest absolute Gasteiger partial charge is 0.321 e. The molecule has 0 aliphatic rings. The number of nitrogens with two attached hydrogens (primary N) is 1. The molecule has 0 aliphatic heterocycles. The average molecular weight is 349 g/mol. The van der Waals surface area contributed by atoms with E-state index in [-0.39, 0.29) is 10.6 Å². The number of nitro groups is 1. The van der Waals surface area contributed by atoms with Crippen molar-refractivity contribution >= 4 is 21.6 Å². The van der Waals surface area contributed by atoms with Gasteiger partial charge in [-0.2, -0.15) is 0 Å². The summed E-state index contributed by atoms with van der Waals surface area (Å²) in [6.45, 7) is 2.00. The van der Waals surface area contributed by atoms with Gasteiger partial charge in [0.05, 0.1) is 4.92 Å². The van der Waals surface area contributed by atoms with Crippen LogP contribution in [0.3, 0.4) is 0 Å². The van der Waals surface area contributed by atoms with Gasteiger partial charge in [0.25, 0.3) is 5.69 Å². The van der Waals surface area contributed by atoms with Crippen molar-refractivity contribution in [2.75, 3.05) is 0 Å². The van der Waals surface area contributed by atoms with Gasteiger partial charge < -0.3 is 5.73 Å². The van der Waals surface area contributed by atoms with Crippen LogP contribution in [-0.2, 0) is 12.0 Å². The Hall–Kier alpha value is -1.72. The zero-order valence-electron chi connectivity index (χ0n) is 11.8. The lowest BCUT2D eigenvalue weighted by Gasteiger charge is -2.29. The van der Waals surface area contributed by atoms with Gasteiger partial charge >= 0.3 is 0 Å². The summed E-state index contributed by atoms with van der Waals surface area (Å²) in [4.78, 5) is 10.9. The molecule has 0 radical (unpaired) electrons. The first-order valence-corrected chi connectivity index (χ1v) is 7.53. The molecule has 5 heteroatoms. The fourth-order valence-electron chi connectivity index (χ4n) is 2.40. The van der Waals surface area contributed by atoms with Gasteiger partial charge in [0.1, 0.15) is 0 Å². The molecule has 21 heavy (non-hydrogen) atoms. The van der Waals surface area contributed by atoms with Crippen molar-refractivity contribution in [3.05, 3.63) is 74.2 Å². The van der Waals surface area contributed by atoms with Gasteiger partial charge in [-0.3, -0.25) is 10.1 Å². The maximum Gasteiger partial charge on any atom is 0.273 e. The third-order valence-corrected chi connectivity index (χ3v) is 4.22. The third kappa shape index (κ3) is 3.49. The Morgan fingerprint density at radius 1 is 1.24 bits per heavy atom. The number of nitro benzene ring substituents is 1. The van der Waals surface area contributed by atoms with Gasteiger partial charge in [0.15, 0.2) is 0 Å². The molecule has 1 atom stereocenters. The molecule has 0 saturated heterocycles. The van der Waals surface area contributed by atoms with E-state index >= 15 is 0 Å². The van der Waals surface area contributed by atoms with Crippen LogP contribution < -0.4 is 5.73 Å². The second kappa shape index (κ2) is 6.37. The second-order valence-corrected chi connectivity index (χ2v) is 6.00. The van der Waals surface area contributed by atoms with E-state index in [1.807, 2.05) is 43.3 Å². The van der Waals surface area contributed by atoms with Crippen LogP contribution in [0, 0.1) is 10.1 Å². The van der Waals surface area contributed by atoms with Crippen LogP contribution in [0.25, 0.3) is 0 Å². The molecule has 0 saturated carbocycles. The van der Waals surface area contributed by atoms with Crippen LogP contribution in [0.4, 0.5) is 5.69 Å². The van der Waals surface area contributed by atoms with E-state index in [2.05, 4.69) is 15.9 Å². The summed E-state index contributed by atoms with van der Waals surface area (Å²) in [5.41, 5.74) is 7.65. The lowest BCUT2D eigenvalue weighted by Crippen LogP contribution is -2.38. The predicted octanol–water partition coefficient (Wildman–Crippen LogP) is 4.16. The van der Waals surface area contributed by atoms with Crippen LogP contribution in [0.2, 0.25) is 0 Å². The van der Waals surface area contributed by atoms with Crippen LogP contribution in [0.1, 0.15) is 24.5 Å². The fraction of sp³-hybridized carbons (Fsp3) is 0.250. The van der Waals surface area contributed by atoms with Crippen molar-refractivity contribution in [2.24, 2.45) is 5.73 Å². The van der Waals surface area contributed by atoms with Crippen LogP contribution >= 0.6 is 15.9 Å². The normalized spacial score (nSPS) is 13.7. The van der Waals surface area contributed by atoms with E-state index < -0.39 is 5.54 Å². The molecule has 1 unspecified atom stereocenters. The molecule has 2 aromatic rings.